The molecule has 4 heteroatoms. The van der Waals surface area contributed by atoms with Crippen LogP contribution in [0, 0.1) is 0 Å². The fraction of sp³-hybridized carbons (Fsp3) is 0.533. The average molecular weight is 262 g/mol. The Balaban J connectivity index is 1.74. The van der Waals surface area contributed by atoms with Crippen molar-refractivity contribution in [2.75, 3.05) is 6.54 Å². The Labute approximate surface area is 114 Å². The van der Waals surface area contributed by atoms with Gasteiger partial charge < -0.3 is 15.7 Å². The van der Waals surface area contributed by atoms with Crippen molar-refractivity contribution in [1.29, 1.82) is 0 Å². The number of hydrogen-bond acceptors (Lipinski definition) is 2. The third-order valence-electron chi connectivity index (χ3n) is 3.46. The minimum absolute atomic E-state index is 0.179. The molecule has 1 aromatic carbocycles. The second-order valence-corrected chi connectivity index (χ2v) is 5.20. The third kappa shape index (κ3) is 4.24. The lowest BCUT2D eigenvalue weighted by molar-refractivity contribution is 0.183. The number of rotatable bonds is 5. The van der Waals surface area contributed by atoms with Crippen LogP contribution in [-0.2, 0) is 19.4 Å². The number of aliphatic hydroxyl groups is 1. The number of aryl methyl sites for hydroxylation is 2. The van der Waals surface area contributed by atoms with E-state index in [1.807, 2.05) is 0 Å². The van der Waals surface area contributed by atoms with E-state index in [4.69, 9.17) is 5.11 Å². The minimum Gasteiger partial charge on any atom is -0.393 e. The first-order chi connectivity index (χ1) is 9.15. The Kier molecular flexibility index (Phi) is 4.80. The molecule has 0 radical (unpaired) electrons. The molecule has 0 aliphatic heterocycles. The quantitative estimate of drug-likeness (QED) is 0.757. The number of fused-ring (bicyclic) bond motifs is 1. The van der Waals surface area contributed by atoms with E-state index >= 15 is 0 Å². The standard InChI is InChI=1S/C15H22N2O2/c1-11(18)7-8-16-15(19)17-10-12-5-6-13-3-2-4-14(13)9-12/h5-6,9,11,18H,2-4,7-8,10H2,1H3,(H2,16,17,19). The molecule has 104 valence electrons. The molecule has 0 bridgehead atoms. The van der Waals surface area contributed by atoms with Crippen molar-refractivity contribution in [3.8, 4) is 0 Å². The molecule has 0 heterocycles. The first kappa shape index (κ1) is 13.9. The van der Waals surface area contributed by atoms with E-state index in [9.17, 15) is 4.79 Å². The molecule has 1 aromatic rings. The molecule has 0 spiro atoms. The first-order valence-electron chi connectivity index (χ1n) is 6.95. The van der Waals surface area contributed by atoms with Gasteiger partial charge in [0.15, 0.2) is 0 Å². The number of carbonyl (C=O) groups is 1. The number of benzene rings is 1. The topological polar surface area (TPSA) is 61.4 Å². The highest BCUT2D eigenvalue weighted by molar-refractivity contribution is 5.73. The molecule has 2 rings (SSSR count). The Bertz CT molecular complexity index is 444. The minimum atomic E-state index is -0.378. The van der Waals surface area contributed by atoms with Crippen molar-refractivity contribution in [3.63, 3.8) is 0 Å². The third-order valence-corrected chi connectivity index (χ3v) is 3.46. The SMILES string of the molecule is CC(O)CCNC(=O)NCc1ccc2c(c1)CCC2. The van der Waals surface area contributed by atoms with Crippen molar-refractivity contribution in [2.45, 2.75) is 45.3 Å². The van der Waals surface area contributed by atoms with Crippen LogP contribution >= 0.6 is 0 Å². The van der Waals surface area contributed by atoms with Gasteiger partial charge in [-0.3, -0.25) is 0 Å². The molecule has 0 aromatic heterocycles. The summed E-state index contributed by atoms with van der Waals surface area (Å²) in [5, 5.41) is 14.6. The molecule has 1 atom stereocenters. The van der Waals surface area contributed by atoms with Crippen LogP contribution in [-0.4, -0.2) is 23.8 Å². The van der Waals surface area contributed by atoms with E-state index in [2.05, 4.69) is 28.8 Å². The van der Waals surface area contributed by atoms with E-state index in [0.717, 1.165) is 12.0 Å². The van der Waals surface area contributed by atoms with E-state index in [-0.39, 0.29) is 12.1 Å². The van der Waals surface area contributed by atoms with Gasteiger partial charge in [0.2, 0.25) is 0 Å². The van der Waals surface area contributed by atoms with Gasteiger partial charge >= 0.3 is 6.03 Å². The van der Waals surface area contributed by atoms with Crippen LogP contribution in [0.25, 0.3) is 0 Å². The Morgan fingerprint density at radius 1 is 1.32 bits per heavy atom. The van der Waals surface area contributed by atoms with Gasteiger partial charge in [0.25, 0.3) is 0 Å². The van der Waals surface area contributed by atoms with Crippen molar-refractivity contribution >= 4 is 6.03 Å². The largest absolute Gasteiger partial charge is 0.393 e. The number of aliphatic hydroxyl groups excluding tert-OH is 1. The lowest BCUT2D eigenvalue weighted by atomic mass is 10.1. The molecule has 4 nitrogen and oxygen atoms in total. The smallest absolute Gasteiger partial charge is 0.315 e. The van der Waals surface area contributed by atoms with Crippen molar-refractivity contribution in [3.05, 3.63) is 34.9 Å². The van der Waals surface area contributed by atoms with Crippen LogP contribution < -0.4 is 10.6 Å². The van der Waals surface area contributed by atoms with Gasteiger partial charge in [-0.25, -0.2) is 4.79 Å². The highest BCUT2D eigenvalue weighted by Crippen LogP contribution is 2.22. The molecule has 0 saturated heterocycles. The van der Waals surface area contributed by atoms with Crippen LogP contribution in [0.5, 0.6) is 0 Å². The Morgan fingerprint density at radius 2 is 2.11 bits per heavy atom. The number of hydrogen-bond donors (Lipinski definition) is 3. The van der Waals surface area contributed by atoms with Gasteiger partial charge in [-0.1, -0.05) is 18.2 Å². The molecule has 0 fully saturated rings. The predicted octanol–water partition coefficient (Wildman–Crippen LogP) is 1.75. The maximum atomic E-state index is 11.5. The van der Waals surface area contributed by atoms with Gasteiger partial charge in [0, 0.05) is 13.1 Å². The summed E-state index contributed by atoms with van der Waals surface area (Å²) >= 11 is 0. The molecule has 3 N–H and O–H groups in total. The van der Waals surface area contributed by atoms with E-state index in [1.54, 1.807) is 6.92 Å². The lowest BCUT2D eigenvalue weighted by Gasteiger charge is -2.09. The molecular weight excluding hydrogens is 240 g/mol. The number of urea groups is 1. The number of amides is 2. The van der Waals surface area contributed by atoms with Crippen LogP contribution in [0.3, 0.4) is 0 Å². The van der Waals surface area contributed by atoms with Gasteiger partial charge in [-0.05, 0) is 49.3 Å². The van der Waals surface area contributed by atoms with Gasteiger partial charge in [-0.2, -0.15) is 0 Å². The summed E-state index contributed by atoms with van der Waals surface area (Å²) in [6, 6.07) is 6.27. The highest BCUT2D eigenvalue weighted by atomic mass is 16.3. The molecule has 1 unspecified atom stereocenters. The Morgan fingerprint density at radius 3 is 2.89 bits per heavy atom. The van der Waals surface area contributed by atoms with Gasteiger partial charge in [-0.15, -0.1) is 0 Å². The molecule has 1 aliphatic rings. The van der Waals surface area contributed by atoms with E-state index in [1.165, 1.54) is 24.0 Å². The summed E-state index contributed by atoms with van der Waals surface area (Å²) in [6.45, 7) is 2.76. The predicted molar refractivity (Wildman–Crippen MR) is 75.0 cm³/mol. The zero-order valence-corrected chi connectivity index (χ0v) is 11.4. The van der Waals surface area contributed by atoms with Crippen molar-refractivity contribution in [1.82, 2.24) is 10.6 Å². The highest BCUT2D eigenvalue weighted by Gasteiger charge is 2.10. The second kappa shape index (κ2) is 6.57. The zero-order chi connectivity index (χ0) is 13.7. The number of nitrogens with one attached hydrogen (secondary N) is 2. The van der Waals surface area contributed by atoms with Gasteiger partial charge in [0.05, 0.1) is 6.10 Å². The monoisotopic (exact) mass is 262 g/mol. The van der Waals surface area contributed by atoms with E-state index < -0.39 is 0 Å². The zero-order valence-electron chi connectivity index (χ0n) is 11.4. The van der Waals surface area contributed by atoms with Crippen molar-refractivity contribution < 1.29 is 9.90 Å². The van der Waals surface area contributed by atoms with Crippen molar-refractivity contribution in [2.24, 2.45) is 0 Å². The lowest BCUT2D eigenvalue weighted by Crippen LogP contribution is -2.36. The van der Waals surface area contributed by atoms with Crippen LogP contribution in [0.1, 0.15) is 36.5 Å². The maximum absolute atomic E-state index is 11.5. The fourth-order valence-electron chi connectivity index (χ4n) is 2.37. The molecular formula is C15H22N2O2. The fourth-order valence-corrected chi connectivity index (χ4v) is 2.37. The summed E-state index contributed by atoms with van der Waals surface area (Å²) in [5.41, 5.74) is 4.02. The summed E-state index contributed by atoms with van der Waals surface area (Å²) in [6.07, 6.45) is 3.78. The van der Waals surface area contributed by atoms with E-state index in [0.29, 0.717) is 19.5 Å². The Hall–Kier alpha value is -1.55. The molecule has 0 saturated carbocycles. The number of carbonyl (C=O) groups excluding carboxylic acids is 1. The first-order valence-corrected chi connectivity index (χ1v) is 6.95. The second-order valence-electron chi connectivity index (χ2n) is 5.20. The van der Waals surface area contributed by atoms with Crippen LogP contribution in [0.15, 0.2) is 18.2 Å². The molecule has 19 heavy (non-hydrogen) atoms. The normalized spacial score (nSPS) is 14.8. The van der Waals surface area contributed by atoms with Crippen LogP contribution in [0.2, 0.25) is 0 Å². The summed E-state index contributed by atoms with van der Waals surface area (Å²) in [4.78, 5) is 11.5. The molecule has 1 aliphatic carbocycles. The maximum Gasteiger partial charge on any atom is 0.315 e. The summed E-state index contributed by atoms with van der Waals surface area (Å²) < 4.78 is 0. The van der Waals surface area contributed by atoms with Gasteiger partial charge in [0.1, 0.15) is 0 Å². The average Bonchev–Trinajstić information content (AvgIpc) is 2.83. The van der Waals surface area contributed by atoms with Crippen LogP contribution in [0.4, 0.5) is 4.79 Å². The summed E-state index contributed by atoms with van der Waals surface area (Å²) in [7, 11) is 0. The molecule has 2 amide bonds. The summed E-state index contributed by atoms with van der Waals surface area (Å²) in [5.74, 6) is 0.